The van der Waals surface area contributed by atoms with Crippen LogP contribution < -0.4 is 10.6 Å². The first-order valence-electron chi connectivity index (χ1n) is 9.11. The maximum Gasteiger partial charge on any atom is 0.326 e. The molecule has 0 saturated heterocycles. The van der Waals surface area contributed by atoms with Crippen LogP contribution in [0, 0.1) is 11.8 Å². The van der Waals surface area contributed by atoms with Crippen molar-refractivity contribution in [1.29, 1.82) is 0 Å². The van der Waals surface area contributed by atoms with Crippen LogP contribution in [0.5, 0.6) is 0 Å². The van der Waals surface area contributed by atoms with Gasteiger partial charge in [0.2, 0.25) is 11.8 Å². The second kappa shape index (κ2) is 10.6. The monoisotopic (exact) mass is 362 g/mol. The summed E-state index contributed by atoms with van der Waals surface area (Å²) in [5, 5.41) is 14.3. The Morgan fingerprint density at radius 3 is 2.19 bits per heavy atom. The fourth-order valence-corrected chi connectivity index (χ4v) is 2.85. The van der Waals surface area contributed by atoms with Gasteiger partial charge in [-0.3, -0.25) is 9.59 Å². The number of rotatable bonds is 10. The first kappa shape index (κ1) is 21.7. The molecule has 144 valence electrons. The molecule has 0 heterocycles. The van der Waals surface area contributed by atoms with E-state index in [0.29, 0.717) is 6.42 Å². The molecule has 1 aromatic carbocycles. The summed E-state index contributed by atoms with van der Waals surface area (Å²) in [6, 6.07) is 8.52. The lowest BCUT2D eigenvalue weighted by Gasteiger charge is -2.23. The number of hydrogen-bond acceptors (Lipinski definition) is 3. The number of nitrogens with one attached hydrogen (secondary N) is 2. The highest BCUT2D eigenvalue weighted by atomic mass is 16.4. The summed E-state index contributed by atoms with van der Waals surface area (Å²) in [6.07, 6.45) is 1.17. The molecule has 1 aromatic rings. The third kappa shape index (κ3) is 6.86. The molecule has 0 fully saturated rings. The summed E-state index contributed by atoms with van der Waals surface area (Å²) >= 11 is 0. The van der Waals surface area contributed by atoms with Gasteiger partial charge in [-0.25, -0.2) is 4.79 Å². The van der Waals surface area contributed by atoms with Gasteiger partial charge in [0.25, 0.3) is 0 Å². The minimum absolute atomic E-state index is 0.119. The van der Waals surface area contributed by atoms with Gasteiger partial charge in [0, 0.05) is 0 Å². The zero-order chi connectivity index (χ0) is 19.7. The molecule has 0 saturated carbocycles. The molecule has 26 heavy (non-hydrogen) atoms. The van der Waals surface area contributed by atoms with Gasteiger partial charge in [-0.15, -0.1) is 0 Å². The molecule has 1 rings (SSSR count). The van der Waals surface area contributed by atoms with Crippen LogP contribution in [0.2, 0.25) is 0 Å². The molecule has 2 amide bonds. The van der Waals surface area contributed by atoms with Crippen LogP contribution >= 0.6 is 0 Å². The highest BCUT2D eigenvalue weighted by molar-refractivity contribution is 5.90. The average Bonchev–Trinajstić information content (AvgIpc) is 2.59. The maximum atomic E-state index is 12.6. The van der Waals surface area contributed by atoms with Crippen LogP contribution in [0.3, 0.4) is 0 Å². The molecule has 0 aromatic heterocycles. The van der Waals surface area contributed by atoms with E-state index in [4.69, 9.17) is 0 Å². The van der Waals surface area contributed by atoms with Gasteiger partial charge in [0.1, 0.15) is 6.04 Å². The van der Waals surface area contributed by atoms with Crippen molar-refractivity contribution in [2.45, 2.75) is 52.5 Å². The number of carboxylic acid groups (broad SMARTS) is 1. The molecule has 0 spiro atoms. The van der Waals surface area contributed by atoms with Crippen molar-refractivity contribution in [3.05, 3.63) is 35.9 Å². The lowest BCUT2D eigenvalue weighted by Crippen LogP contribution is -2.47. The highest BCUT2D eigenvalue weighted by Gasteiger charge is 2.27. The first-order valence-corrected chi connectivity index (χ1v) is 9.11. The number of aliphatic carboxylic acids is 1. The van der Waals surface area contributed by atoms with Crippen LogP contribution in [0.4, 0.5) is 0 Å². The minimum atomic E-state index is -1.07. The third-order valence-electron chi connectivity index (χ3n) is 4.42. The number of carbonyl (C=O) groups is 3. The van der Waals surface area contributed by atoms with Gasteiger partial charge in [0.05, 0.1) is 12.5 Å². The smallest absolute Gasteiger partial charge is 0.326 e. The Hall–Kier alpha value is -2.37. The van der Waals surface area contributed by atoms with Crippen molar-refractivity contribution in [3.63, 3.8) is 0 Å². The molecule has 0 radical (unpaired) electrons. The van der Waals surface area contributed by atoms with E-state index in [2.05, 4.69) is 10.6 Å². The van der Waals surface area contributed by atoms with Crippen molar-refractivity contribution >= 4 is 17.8 Å². The number of carbonyl (C=O) groups excluding carboxylic acids is 2. The van der Waals surface area contributed by atoms with E-state index in [1.165, 1.54) is 0 Å². The summed E-state index contributed by atoms with van der Waals surface area (Å²) in [7, 11) is 0. The second-order valence-corrected chi connectivity index (χ2v) is 7.08. The van der Waals surface area contributed by atoms with Crippen LogP contribution in [-0.4, -0.2) is 35.5 Å². The van der Waals surface area contributed by atoms with Crippen molar-refractivity contribution in [2.24, 2.45) is 11.8 Å². The Balaban J connectivity index is 2.69. The number of amides is 2. The Labute approximate surface area is 155 Å². The Morgan fingerprint density at radius 2 is 1.69 bits per heavy atom. The van der Waals surface area contributed by atoms with Gasteiger partial charge in [0.15, 0.2) is 0 Å². The van der Waals surface area contributed by atoms with Gasteiger partial charge in [-0.2, -0.15) is 0 Å². The quantitative estimate of drug-likeness (QED) is 0.596. The highest BCUT2D eigenvalue weighted by Crippen LogP contribution is 2.27. The van der Waals surface area contributed by atoms with Crippen molar-refractivity contribution < 1.29 is 19.5 Å². The molecule has 6 heteroatoms. The summed E-state index contributed by atoms with van der Waals surface area (Å²) in [5.41, 5.74) is 0.906. The Bertz CT molecular complexity index is 601. The molecule has 0 bridgehead atoms. The van der Waals surface area contributed by atoms with Gasteiger partial charge < -0.3 is 15.7 Å². The molecule has 0 aliphatic heterocycles. The average molecular weight is 362 g/mol. The predicted molar refractivity (Wildman–Crippen MR) is 101 cm³/mol. The van der Waals surface area contributed by atoms with E-state index in [-0.39, 0.29) is 30.2 Å². The van der Waals surface area contributed by atoms with Gasteiger partial charge in [-0.05, 0) is 23.8 Å². The number of carboxylic acids is 1. The largest absolute Gasteiger partial charge is 0.480 e. The molecule has 3 N–H and O–H groups in total. The Morgan fingerprint density at radius 1 is 1.08 bits per heavy atom. The predicted octanol–water partition coefficient (Wildman–Crippen LogP) is 2.55. The summed E-state index contributed by atoms with van der Waals surface area (Å²) in [4.78, 5) is 35.9. The van der Waals surface area contributed by atoms with E-state index in [1.807, 2.05) is 58.0 Å². The van der Waals surface area contributed by atoms with E-state index < -0.39 is 17.9 Å². The zero-order valence-corrected chi connectivity index (χ0v) is 16.0. The van der Waals surface area contributed by atoms with E-state index in [1.54, 1.807) is 0 Å². The molecule has 0 aliphatic rings. The molecule has 6 nitrogen and oxygen atoms in total. The summed E-state index contributed by atoms with van der Waals surface area (Å²) in [5.74, 6) is -1.88. The topological polar surface area (TPSA) is 95.5 Å². The Kier molecular flexibility index (Phi) is 8.82. The molecular weight excluding hydrogens is 332 g/mol. The maximum absolute atomic E-state index is 12.6. The zero-order valence-electron chi connectivity index (χ0n) is 16.0. The van der Waals surface area contributed by atoms with Crippen LogP contribution in [-0.2, 0) is 14.4 Å². The fourth-order valence-electron chi connectivity index (χ4n) is 2.85. The van der Waals surface area contributed by atoms with Gasteiger partial charge in [-0.1, -0.05) is 64.4 Å². The second-order valence-electron chi connectivity index (χ2n) is 7.08. The van der Waals surface area contributed by atoms with Crippen LogP contribution in [0.15, 0.2) is 30.3 Å². The van der Waals surface area contributed by atoms with E-state index >= 15 is 0 Å². The van der Waals surface area contributed by atoms with E-state index in [0.717, 1.165) is 12.0 Å². The first-order chi connectivity index (χ1) is 12.3. The summed E-state index contributed by atoms with van der Waals surface area (Å²) < 4.78 is 0. The molecular formula is C20H30N2O4. The van der Waals surface area contributed by atoms with E-state index in [9.17, 15) is 19.5 Å². The number of hydrogen-bond donors (Lipinski definition) is 3. The lowest BCUT2D eigenvalue weighted by atomic mass is 9.85. The standard InChI is InChI=1S/C20H30N2O4/c1-5-14(4)18(15-9-7-6-8-10-15)19(24)21-12-17(23)22-16(20(25)26)11-13(2)3/h6-10,13-14,16,18H,5,11-12H2,1-4H3,(H,21,24)(H,22,23)(H,25,26)/t14?,16-,18?/m0/s1. The van der Waals surface area contributed by atoms with Crippen molar-refractivity contribution in [3.8, 4) is 0 Å². The van der Waals surface area contributed by atoms with Crippen LogP contribution in [0.1, 0.15) is 52.0 Å². The van der Waals surface area contributed by atoms with Crippen molar-refractivity contribution in [1.82, 2.24) is 10.6 Å². The lowest BCUT2D eigenvalue weighted by molar-refractivity contribution is -0.142. The third-order valence-corrected chi connectivity index (χ3v) is 4.42. The minimum Gasteiger partial charge on any atom is -0.480 e. The SMILES string of the molecule is CCC(C)C(C(=O)NCC(=O)N[C@@H](CC(C)C)C(=O)O)c1ccccc1. The number of benzene rings is 1. The fraction of sp³-hybridized carbons (Fsp3) is 0.550. The van der Waals surface area contributed by atoms with Gasteiger partial charge >= 0.3 is 5.97 Å². The van der Waals surface area contributed by atoms with Crippen LogP contribution in [0.25, 0.3) is 0 Å². The van der Waals surface area contributed by atoms with Crippen molar-refractivity contribution in [2.75, 3.05) is 6.54 Å². The molecule has 3 atom stereocenters. The molecule has 2 unspecified atom stereocenters. The normalized spacial score (nSPS) is 14.3. The summed E-state index contributed by atoms with van der Waals surface area (Å²) in [6.45, 7) is 7.56. The molecule has 0 aliphatic carbocycles.